The van der Waals surface area contributed by atoms with Crippen LogP contribution in [0.25, 0.3) is 0 Å². The van der Waals surface area contributed by atoms with Crippen molar-refractivity contribution in [3.8, 4) is 0 Å². The molecule has 25 heavy (non-hydrogen) atoms. The first kappa shape index (κ1) is 17.3. The van der Waals surface area contributed by atoms with Crippen LogP contribution >= 0.6 is 0 Å². The first-order valence-electron chi connectivity index (χ1n) is 8.16. The predicted molar refractivity (Wildman–Crippen MR) is 96.5 cm³/mol. The summed E-state index contributed by atoms with van der Waals surface area (Å²) in [5.74, 6) is -1.23. The molecule has 0 amide bonds. The zero-order chi connectivity index (χ0) is 18.0. The molecule has 0 aliphatic carbocycles. The standard InChI is InChI=1S/C20H21F2N3/c1-13-4-3-5-14(8-13)10-24-20(17-11-25(2)12-19(17)23)16-7-6-15(21)9-18(16)22/h3-9H,10-12,23H2,1-2H3. The van der Waals surface area contributed by atoms with Gasteiger partial charge in [-0.3, -0.25) is 9.89 Å². The third kappa shape index (κ3) is 3.94. The highest BCUT2D eigenvalue weighted by Crippen LogP contribution is 2.22. The Morgan fingerprint density at radius 2 is 1.96 bits per heavy atom. The van der Waals surface area contributed by atoms with Gasteiger partial charge in [0.25, 0.3) is 0 Å². The van der Waals surface area contributed by atoms with Gasteiger partial charge in [0.15, 0.2) is 0 Å². The lowest BCUT2D eigenvalue weighted by atomic mass is 10.0. The summed E-state index contributed by atoms with van der Waals surface area (Å²) in [5.41, 5.74) is 10.6. The van der Waals surface area contributed by atoms with Gasteiger partial charge in [-0.15, -0.1) is 0 Å². The van der Waals surface area contributed by atoms with E-state index in [2.05, 4.69) is 4.99 Å². The first-order valence-corrected chi connectivity index (χ1v) is 8.16. The normalized spacial score (nSPS) is 15.9. The lowest BCUT2D eigenvalue weighted by Crippen LogP contribution is -2.18. The Balaban J connectivity index is 2.03. The van der Waals surface area contributed by atoms with E-state index in [1.165, 1.54) is 12.1 Å². The SMILES string of the molecule is Cc1cccc(CN=C(C2=C(N)CN(C)C2)c2ccc(F)cc2F)c1. The van der Waals surface area contributed by atoms with Crippen molar-refractivity contribution in [1.82, 2.24) is 4.90 Å². The lowest BCUT2D eigenvalue weighted by molar-refractivity contribution is 0.426. The topological polar surface area (TPSA) is 41.6 Å². The number of likely N-dealkylation sites (N-methyl/N-ethyl adjacent to an activating group) is 1. The Bertz CT molecular complexity index is 856. The van der Waals surface area contributed by atoms with Gasteiger partial charge in [-0.25, -0.2) is 8.78 Å². The summed E-state index contributed by atoms with van der Waals surface area (Å²) in [6.07, 6.45) is 0. The fourth-order valence-electron chi connectivity index (χ4n) is 3.05. The summed E-state index contributed by atoms with van der Waals surface area (Å²) in [4.78, 5) is 6.69. The second-order valence-corrected chi connectivity index (χ2v) is 6.45. The van der Waals surface area contributed by atoms with Crippen LogP contribution in [0.1, 0.15) is 16.7 Å². The van der Waals surface area contributed by atoms with Crippen molar-refractivity contribution in [3.05, 3.63) is 82.1 Å². The minimum atomic E-state index is -0.627. The number of nitrogens with zero attached hydrogens (tertiary/aromatic N) is 2. The molecule has 2 N–H and O–H groups in total. The highest BCUT2D eigenvalue weighted by molar-refractivity contribution is 6.13. The largest absolute Gasteiger partial charge is 0.401 e. The quantitative estimate of drug-likeness (QED) is 0.866. The number of rotatable bonds is 4. The molecular formula is C20H21F2N3. The predicted octanol–water partition coefficient (Wildman–Crippen LogP) is 3.42. The average molecular weight is 341 g/mol. The number of halogens is 2. The molecule has 2 aromatic carbocycles. The molecule has 1 heterocycles. The summed E-state index contributed by atoms with van der Waals surface area (Å²) in [5, 5.41) is 0. The molecule has 0 radical (unpaired) electrons. The molecule has 2 aromatic rings. The lowest BCUT2D eigenvalue weighted by Gasteiger charge is -2.12. The molecule has 0 atom stereocenters. The van der Waals surface area contributed by atoms with E-state index >= 15 is 0 Å². The Morgan fingerprint density at radius 1 is 1.16 bits per heavy atom. The third-order valence-electron chi connectivity index (χ3n) is 4.23. The highest BCUT2D eigenvalue weighted by atomic mass is 19.1. The molecular weight excluding hydrogens is 320 g/mol. The highest BCUT2D eigenvalue weighted by Gasteiger charge is 2.24. The van der Waals surface area contributed by atoms with Crippen molar-refractivity contribution in [1.29, 1.82) is 0 Å². The summed E-state index contributed by atoms with van der Waals surface area (Å²) < 4.78 is 27.7. The van der Waals surface area contributed by atoms with Crippen molar-refractivity contribution < 1.29 is 8.78 Å². The Morgan fingerprint density at radius 3 is 2.60 bits per heavy atom. The summed E-state index contributed by atoms with van der Waals surface area (Å²) in [6, 6.07) is 11.6. The van der Waals surface area contributed by atoms with Gasteiger partial charge in [-0.05, 0) is 31.7 Å². The van der Waals surface area contributed by atoms with Crippen LogP contribution in [0.3, 0.4) is 0 Å². The second-order valence-electron chi connectivity index (χ2n) is 6.45. The molecule has 0 saturated heterocycles. The molecule has 5 heteroatoms. The van der Waals surface area contributed by atoms with Gasteiger partial charge in [0.2, 0.25) is 0 Å². The Hall–Kier alpha value is -2.53. The molecule has 130 valence electrons. The molecule has 0 unspecified atom stereocenters. The number of benzene rings is 2. The number of aliphatic imine (C=N–C) groups is 1. The van der Waals surface area contributed by atoms with Crippen molar-refractivity contribution >= 4 is 5.71 Å². The Kier molecular flexibility index (Phi) is 4.95. The smallest absolute Gasteiger partial charge is 0.135 e. The maximum atomic E-state index is 14.4. The summed E-state index contributed by atoms with van der Waals surface area (Å²) in [7, 11) is 1.94. The van der Waals surface area contributed by atoms with Gasteiger partial charge < -0.3 is 5.73 Å². The number of hydrogen-bond acceptors (Lipinski definition) is 3. The van der Waals surface area contributed by atoms with Gasteiger partial charge >= 0.3 is 0 Å². The third-order valence-corrected chi connectivity index (χ3v) is 4.23. The average Bonchev–Trinajstić information content (AvgIpc) is 2.88. The molecule has 1 aliphatic rings. The van der Waals surface area contributed by atoms with Crippen LogP contribution in [0.4, 0.5) is 8.78 Å². The second kappa shape index (κ2) is 7.15. The molecule has 3 nitrogen and oxygen atoms in total. The number of aryl methyl sites for hydroxylation is 1. The summed E-state index contributed by atoms with van der Waals surface area (Å²) >= 11 is 0. The van der Waals surface area contributed by atoms with Crippen molar-refractivity contribution in [2.75, 3.05) is 20.1 Å². The minimum absolute atomic E-state index is 0.280. The van der Waals surface area contributed by atoms with Gasteiger partial charge in [0, 0.05) is 36.0 Å². The number of nitrogens with two attached hydrogens (primary N) is 1. The molecule has 0 aromatic heterocycles. The van der Waals surface area contributed by atoms with E-state index in [9.17, 15) is 8.78 Å². The van der Waals surface area contributed by atoms with Crippen LogP contribution in [0.5, 0.6) is 0 Å². The van der Waals surface area contributed by atoms with Crippen LogP contribution < -0.4 is 5.73 Å². The van der Waals surface area contributed by atoms with E-state index in [-0.39, 0.29) is 5.56 Å². The number of hydrogen-bond donors (Lipinski definition) is 1. The van der Waals surface area contributed by atoms with Gasteiger partial charge in [-0.1, -0.05) is 29.8 Å². The van der Waals surface area contributed by atoms with E-state index in [1.54, 1.807) is 0 Å². The van der Waals surface area contributed by atoms with E-state index in [0.29, 0.717) is 31.0 Å². The van der Waals surface area contributed by atoms with E-state index in [4.69, 9.17) is 5.73 Å². The van der Waals surface area contributed by atoms with Gasteiger partial charge in [-0.2, -0.15) is 0 Å². The minimum Gasteiger partial charge on any atom is -0.401 e. The summed E-state index contributed by atoms with van der Waals surface area (Å²) in [6.45, 7) is 3.63. The molecule has 0 spiro atoms. The van der Waals surface area contributed by atoms with Crippen molar-refractivity contribution in [2.45, 2.75) is 13.5 Å². The molecule has 0 bridgehead atoms. The molecule has 1 aliphatic heterocycles. The maximum Gasteiger partial charge on any atom is 0.135 e. The molecule has 0 fully saturated rings. The zero-order valence-corrected chi connectivity index (χ0v) is 14.4. The molecule has 0 saturated carbocycles. The maximum absolute atomic E-state index is 14.4. The van der Waals surface area contributed by atoms with E-state index < -0.39 is 11.6 Å². The fourth-order valence-corrected chi connectivity index (χ4v) is 3.05. The Labute approximate surface area is 146 Å². The van der Waals surface area contributed by atoms with Gasteiger partial charge in [0.1, 0.15) is 11.6 Å². The first-order chi connectivity index (χ1) is 11.9. The van der Waals surface area contributed by atoms with E-state index in [1.807, 2.05) is 43.1 Å². The fraction of sp³-hybridized carbons (Fsp3) is 0.250. The van der Waals surface area contributed by atoms with Crippen molar-refractivity contribution in [3.63, 3.8) is 0 Å². The van der Waals surface area contributed by atoms with Crippen LogP contribution in [0.2, 0.25) is 0 Å². The van der Waals surface area contributed by atoms with Crippen LogP contribution in [-0.2, 0) is 6.54 Å². The zero-order valence-electron chi connectivity index (χ0n) is 14.4. The monoisotopic (exact) mass is 341 g/mol. The van der Waals surface area contributed by atoms with Crippen LogP contribution in [0.15, 0.2) is 58.7 Å². The van der Waals surface area contributed by atoms with Crippen LogP contribution in [-0.4, -0.2) is 30.7 Å². The van der Waals surface area contributed by atoms with E-state index in [0.717, 1.165) is 22.8 Å². The van der Waals surface area contributed by atoms with Gasteiger partial charge in [0.05, 0.1) is 12.3 Å². The van der Waals surface area contributed by atoms with Crippen molar-refractivity contribution in [2.24, 2.45) is 10.7 Å². The molecule has 3 rings (SSSR count). The van der Waals surface area contributed by atoms with Crippen LogP contribution in [0, 0.1) is 18.6 Å².